The molecule has 0 bridgehead atoms. The number of piperidine rings is 1. The Kier molecular flexibility index (Phi) is 2.81. The summed E-state index contributed by atoms with van der Waals surface area (Å²) in [4.78, 5) is 25.2. The van der Waals surface area contributed by atoms with Gasteiger partial charge in [-0.2, -0.15) is 0 Å². The van der Waals surface area contributed by atoms with E-state index in [0.29, 0.717) is 22.7 Å². The molecule has 2 atom stereocenters. The second-order valence-corrected chi connectivity index (χ2v) is 4.99. The number of hydrogen-bond acceptors (Lipinski definition) is 3. The van der Waals surface area contributed by atoms with E-state index in [1.54, 1.807) is 18.2 Å². The lowest BCUT2D eigenvalue weighted by atomic mass is 10.2. The van der Waals surface area contributed by atoms with Gasteiger partial charge in [0.2, 0.25) is 11.8 Å². The second kappa shape index (κ2) is 4.37. The molecule has 0 spiro atoms. The summed E-state index contributed by atoms with van der Waals surface area (Å²) in [6.45, 7) is -0.246. The average Bonchev–Trinajstić information content (AvgIpc) is 3.15. The van der Waals surface area contributed by atoms with Crippen molar-refractivity contribution in [1.82, 2.24) is 0 Å². The summed E-state index contributed by atoms with van der Waals surface area (Å²) in [6, 6.07) is 4.88. The predicted molar refractivity (Wildman–Crippen MR) is 69.5 cm³/mol. The van der Waals surface area contributed by atoms with Crippen molar-refractivity contribution in [3.63, 3.8) is 0 Å². The van der Waals surface area contributed by atoms with Crippen LogP contribution in [0.25, 0.3) is 0 Å². The molecule has 5 heteroatoms. The lowest BCUT2D eigenvalue weighted by molar-refractivity contribution is -0.123. The summed E-state index contributed by atoms with van der Waals surface area (Å²) in [5, 5.41) is 9.01. The quantitative estimate of drug-likeness (QED) is 0.619. The van der Waals surface area contributed by atoms with E-state index in [4.69, 9.17) is 16.7 Å². The molecule has 1 heterocycles. The highest BCUT2D eigenvalue weighted by atomic mass is 35.5. The van der Waals surface area contributed by atoms with E-state index in [1.165, 1.54) is 0 Å². The Morgan fingerprint density at radius 1 is 1.32 bits per heavy atom. The standard InChI is InChI=1S/C14H10ClNO3/c15-11-4-3-8(2-1-5-17)6-12(11)16-13(18)9-7-10(9)14(16)19/h3-4,6,9-10,17H,5,7H2. The van der Waals surface area contributed by atoms with Gasteiger partial charge in [0.25, 0.3) is 0 Å². The van der Waals surface area contributed by atoms with Crippen LogP contribution in [0.4, 0.5) is 5.69 Å². The number of fused-ring (bicyclic) bond motifs is 1. The Hall–Kier alpha value is -1.83. The zero-order valence-corrected chi connectivity index (χ0v) is 10.6. The Morgan fingerprint density at radius 2 is 2.00 bits per heavy atom. The van der Waals surface area contributed by atoms with Gasteiger partial charge < -0.3 is 5.11 Å². The number of rotatable bonds is 1. The van der Waals surface area contributed by atoms with Crippen LogP contribution >= 0.6 is 11.6 Å². The first-order valence-corrected chi connectivity index (χ1v) is 6.28. The first-order valence-electron chi connectivity index (χ1n) is 5.90. The van der Waals surface area contributed by atoms with Crippen LogP contribution in [-0.4, -0.2) is 23.5 Å². The van der Waals surface area contributed by atoms with E-state index in [-0.39, 0.29) is 30.3 Å². The maximum atomic E-state index is 12.0. The van der Waals surface area contributed by atoms with Crippen molar-refractivity contribution in [3.8, 4) is 11.8 Å². The van der Waals surface area contributed by atoms with Gasteiger partial charge in [-0.1, -0.05) is 23.4 Å². The molecule has 1 aliphatic heterocycles. The highest BCUT2D eigenvalue weighted by molar-refractivity contribution is 6.36. The molecule has 0 radical (unpaired) electrons. The predicted octanol–water partition coefficient (Wildman–Crippen LogP) is 1.19. The number of hydrogen-bond donors (Lipinski definition) is 1. The fourth-order valence-electron chi connectivity index (χ4n) is 2.32. The molecule has 1 N–H and O–H groups in total. The van der Waals surface area contributed by atoms with Crippen LogP contribution in [0.5, 0.6) is 0 Å². The van der Waals surface area contributed by atoms with E-state index < -0.39 is 0 Å². The molecule has 1 saturated carbocycles. The molecule has 1 saturated heterocycles. The first kappa shape index (κ1) is 12.2. The lowest BCUT2D eigenvalue weighted by Crippen LogP contribution is -2.33. The van der Waals surface area contributed by atoms with Gasteiger partial charge in [-0.25, -0.2) is 4.90 Å². The van der Waals surface area contributed by atoms with Crippen LogP contribution in [-0.2, 0) is 9.59 Å². The SMILES string of the molecule is O=C1C2CC2C(=O)N1c1cc(C#CCO)ccc1Cl. The van der Waals surface area contributed by atoms with Crippen molar-refractivity contribution in [3.05, 3.63) is 28.8 Å². The maximum absolute atomic E-state index is 12.0. The summed E-state index contributed by atoms with van der Waals surface area (Å²) in [5.74, 6) is 4.58. The van der Waals surface area contributed by atoms with Crippen LogP contribution in [0.1, 0.15) is 12.0 Å². The number of aliphatic hydroxyl groups is 1. The van der Waals surface area contributed by atoms with Crippen molar-refractivity contribution in [2.45, 2.75) is 6.42 Å². The Balaban J connectivity index is 2.00. The number of benzene rings is 1. The lowest BCUT2D eigenvalue weighted by Gasteiger charge is -2.18. The van der Waals surface area contributed by atoms with E-state index in [0.717, 1.165) is 4.90 Å². The summed E-state index contributed by atoms with van der Waals surface area (Å²) >= 11 is 6.06. The Labute approximate surface area is 115 Å². The topological polar surface area (TPSA) is 57.6 Å². The molecule has 4 nitrogen and oxygen atoms in total. The smallest absolute Gasteiger partial charge is 0.237 e. The zero-order chi connectivity index (χ0) is 13.6. The molecule has 2 unspecified atom stereocenters. The third kappa shape index (κ3) is 1.92. The molecule has 1 aromatic rings. The van der Waals surface area contributed by atoms with Crippen LogP contribution in [0.15, 0.2) is 18.2 Å². The van der Waals surface area contributed by atoms with Gasteiger partial charge in [0.1, 0.15) is 6.61 Å². The molecule has 0 aromatic heterocycles. The Bertz CT molecular complexity index is 624. The minimum absolute atomic E-state index is 0.157. The molecule has 2 aliphatic rings. The molecule has 1 aromatic carbocycles. The molecule has 2 fully saturated rings. The fraction of sp³-hybridized carbons (Fsp3) is 0.286. The highest BCUT2D eigenvalue weighted by Gasteiger charge is 2.59. The van der Waals surface area contributed by atoms with E-state index in [1.807, 2.05) is 0 Å². The molecule has 96 valence electrons. The second-order valence-electron chi connectivity index (χ2n) is 4.59. The third-order valence-corrected chi connectivity index (χ3v) is 3.68. The minimum atomic E-state index is -0.246. The number of anilines is 1. The van der Waals surface area contributed by atoms with Crippen molar-refractivity contribution >= 4 is 29.1 Å². The average molecular weight is 276 g/mol. The van der Waals surface area contributed by atoms with E-state index >= 15 is 0 Å². The minimum Gasteiger partial charge on any atom is -0.384 e. The van der Waals surface area contributed by atoms with Gasteiger partial charge in [-0.05, 0) is 24.6 Å². The number of nitrogens with zero attached hydrogens (tertiary/aromatic N) is 1. The molecular formula is C14H10ClNO3. The maximum Gasteiger partial charge on any atom is 0.237 e. The van der Waals surface area contributed by atoms with Gasteiger partial charge >= 0.3 is 0 Å². The summed E-state index contributed by atoms with van der Waals surface area (Å²) < 4.78 is 0. The van der Waals surface area contributed by atoms with Crippen molar-refractivity contribution in [2.75, 3.05) is 11.5 Å². The number of aliphatic hydroxyl groups excluding tert-OH is 1. The molecule has 1 aliphatic carbocycles. The van der Waals surface area contributed by atoms with Crippen LogP contribution in [0.3, 0.4) is 0 Å². The largest absolute Gasteiger partial charge is 0.384 e. The van der Waals surface area contributed by atoms with Gasteiger partial charge in [-0.15, -0.1) is 0 Å². The highest BCUT2D eigenvalue weighted by Crippen LogP contribution is 2.49. The first-order chi connectivity index (χ1) is 9.13. The zero-order valence-electron chi connectivity index (χ0n) is 9.89. The van der Waals surface area contributed by atoms with E-state index in [2.05, 4.69) is 11.8 Å². The molecular weight excluding hydrogens is 266 g/mol. The number of imide groups is 1. The number of carbonyl (C=O) groups excluding carboxylic acids is 2. The summed E-state index contributed by atoms with van der Waals surface area (Å²) in [5.41, 5.74) is 0.989. The van der Waals surface area contributed by atoms with Gasteiger partial charge in [0.15, 0.2) is 0 Å². The van der Waals surface area contributed by atoms with Crippen LogP contribution in [0.2, 0.25) is 5.02 Å². The molecule has 2 amide bonds. The number of amides is 2. The summed E-state index contributed by atoms with van der Waals surface area (Å²) in [7, 11) is 0. The van der Waals surface area contributed by atoms with Crippen LogP contribution < -0.4 is 4.90 Å². The third-order valence-electron chi connectivity index (χ3n) is 3.36. The molecule has 19 heavy (non-hydrogen) atoms. The Morgan fingerprint density at radius 3 is 2.63 bits per heavy atom. The number of carbonyl (C=O) groups is 2. The van der Waals surface area contributed by atoms with Crippen molar-refractivity contribution in [2.24, 2.45) is 11.8 Å². The van der Waals surface area contributed by atoms with Crippen molar-refractivity contribution < 1.29 is 14.7 Å². The molecule has 3 rings (SSSR count). The van der Waals surface area contributed by atoms with Crippen molar-refractivity contribution in [1.29, 1.82) is 0 Å². The van der Waals surface area contributed by atoms with Gasteiger partial charge in [0.05, 0.1) is 22.5 Å². The van der Waals surface area contributed by atoms with Crippen LogP contribution in [0, 0.1) is 23.7 Å². The summed E-state index contributed by atoms with van der Waals surface area (Å²) in [6.07, 6.45) is 0.662. The fourth-order valence-corrected chi connectivity index (χ4v) is 2.52. The monoisotopic (exact) mass is 275 g/mol. The van der Waals surface area contributed by atoms with Gasteiger partial charge in [0, 0.05) is 5.56 Å². The number of halogens is 1. The van der Waals surface area contributed by atoms with E-state index in [9.17, 15) is 9.59 Å². The normalized spacial score (nSPS) is 24.0. The van der Waals surface area contributed by atoms with Gasteiger partial charge in [-0.3, -0.25) is 9.59 Å².